The maximum atomic E-state index is 13.4. The zero-order chi connectivity index (χ0) is 25.1. The molecule has 34 heavy (non-hydrogen) atoms. The Balaban J connectivity index is 1.68. The predicted molar refractivity (Wildman–Crippen MR) is 115 cm³/mol. The summed E-state index contributed by atoms with van der Waals surface area (Å²) in [6.45, 7) is 3.34. The third kappa shape index (κ3) is 5.80. The van der Waals surface area contributed by atoms with Gasteiger partial charge in [0.05, 0.1) is 10.3 Å². The number of carbonyl (C=O) groups excluding carboxylic acids is 1. The minimum Gasteiger partial charge on any atom is -0.490 e. The Labute approximate surface area is 195 Å². The molecule has 1 saturated heterocycles. The van der Waals surface area contributed by atoms with Gasteiger partial charge in [-0.25, -0.2) is 13.9 Å². The molecule has 0 bridgehead atoms. The van der Waals surface area contributed by atoms with Crippen molar-refractivity contribution < 1.29 is 41.1 Å². The molecule has 2 N–H and O–H groups in total. The molecule has 12 heteroatoms. The van der Waals surface area contributed by atoms with Crippen LogP contribution in [0.5, 0.6) is 11.5 Å². The number of benzene rings is 2. The van der Waals surface area contributed by atoms with Crippen molar-refractivity contribution in [2.75, 3.05) is 13.1 Å². The van der Waals surface area contributed by atoms with Crippen LogP contribution >= 0.6 is 0 Å². The first kappa shape index (κ1) is 25.8. The van der Waals surface area contributed by atoms with Crippen LogP contribution in [0.4, 0.5) is 13.2 Å². The fourth-order valence-corrected chi connectivity index (χ4v) is 5.53. The molecule has 3 rings (SSSR count). The lowest BCUT2D eigenvalue weighted by Gasteiger charge is -2.33. The Hall–Kier alpha value is -2.83. The highest BCUT2D eigenvalue weighted by atomic mass is 32.2. The van der Waals surface area contributed by atoms with E-state index in [1.54, 1.807) is 17.6 Å². The molecule has 0 radical (unpaired) electrons. The second-order valence-corrected chi connectivity index (χ2v) is 10.2. The summed E-state index contributed by atoms with van der Waals surface area (Å²) < 4.78 is 74.5. The summed E-state index contributed by atoms with van der Waals surface area (Å²) in [5, 5.41) is 9.06. The van der Waals surface area contributed by atoms with Gasteiger partial charge in [0.25, 0.3) is 5.91 Å². The lowest BCUT2D eigenvalue weighted by molar-refractivity contribution is -0.274. The van der Waals surface area contributed by atoms with Crippen molar-refractivity contribution in [3.05, 3.63) is 54.1 Å². The van der Waals surface area contributed by atoms with Crippen LogP contribution in [0.3, 0.4) is 0 Å². The normalized spacial score (nSPS) is 16.2. The van der Waals surface area contributed by atoms with E-state index in [1.807, 2.05) is 0 Å². The fourth-order valence-electron chi connectivity index (χ4n) is 3.71. The van der Waals surface area contributed by atoms with Crippen molar-refractivity contribution in [1.29, 1.82) is 0 Å². The minimum absolute atomic E-state index is 0.0248. The molecular formula is C22H25F3N2O6S. The van der Waals surface area contributed by atoms with Crippen LogP contribution in [-0.2, 0) is 20.2 Å². The van der Waals surface area contributed by atoms with Crippen molar-refractivity contribution in [3.8, 4) is 11.5 Å². The summed E-state index contributed by atoms with van der Waals surface area (Å²) >= 11 is 0. The van der Waals surface area contributed by atoms with Crippen molar-refractivity contribution in [2.45, 2.75) is 49.5 Å². The molecular weight excluding hydrogens is 477 g/mol. The molecule has 0 unspecified atom stereocenters. The number of hydrogen-bond donors (Lipinski definition) is 2. The molecule has 2 aromatic carbocycles. The highest BCUT2D eigenvalue weighted by Crippen LogP contribution is 2.33. The second-order valence-electron chi connectivity index (χ2n) is 8.30. The van der Waals surface area contributed by atoms with E-state index in [1.165, 1.54) is 42.4 Å². The van der Waals surface area contributed by atoms with Crippen LogP contribution in [-0.4, -0.2) is 49.4 Å². The molecule has 1 aliphatic heterocycles. The summed E-state index contributed by atoms with van der Waals surface area (Å²) in [4.78, 5) is 12.1. The van der Waals surface area contributed by atoms with Crippen LogP contribution in [0, 0.1) is 0 Å². The third-order valence-electron chi connectivity index (χ3n) is 5.61. The summed E-state index contributed by atoms with van der Waals surface area (Å²) in [5.74, 6) is -0.760. The number of sulfonamides is 1. The van der Waals surface area contributed by atoms with Gasteiger partial charge in [0.1, 0.15) is 17.6 Å². The van der Waals surface area contributed by atoms with E-state index in [4.69, 9.17) is 9.94 Å². The van der Waals surface area contributed by atoms with Crippen molar-refractivity contribution in [2.24, 2.45) is 0 Å². The Kier molecular flexibility index (Phi) is 7.44. The van der Waals surface area contributed by atoms with E-state index >= 15 is 0 Å². The van der Waals surface area contributed by atoms with Gasteiger partial charge in [-0.15, -0.1) is 13.2 Å². The third-order valence-corrected chi connectivity index (χ3v) is 7.57. The number of carbonyl (C=O) groups is 1. The van der Waals surface area contributed by atoms with E-state index in [2.05, 4.69) is 4.74 Å². The number of amides is 1. The highest BCUT2D eigenvalue weighted by Gasteiger charge is 2.38. The van der Waals surface area contributed by atoms with Gasteiger partial charge < -0.3 is 9.47 Å². The van der Waals surface area contributed by atoms with Crippen molar-refractivity contribution in [1.82, 2.24) is 9.79 Å². The molecule has 0 saturated carbocycles. The number of nitrogens with zero attached hydrogens (tertiary/aromatic N) is 1. The first-order valence-corrected chi connectivity index (χ1v) is 11.9. The monoisotopic (exact) mass is 502 g/mol. The van der Waals surface area contributed by atoms with Crippen LogP contribution < -0.4 is 15.0 Å². The molecule has 1 heterocycles. The smallest absolute Gasteiger partial charge is 0.490 e. The average Bonchev–Trinajstić information content (AvgIpc) is 2.79. The number of nitrogens with one attached hydrogen (secondary N) is 1. The SMILES string of the molecule is CC(C)(C(=O)NO)c1ccccc1S(=O)(=O)N1CCC(Oc2ccc(OC(F)(F)F)cc2)CC1. The molecule has 0 aliphatic carbocycles. The highest BCUT2D eigenvalue weighted by molar-refractivity contribution is 7.89. The molecule has 8 nitrogen and oxygen atoms in total. The Morgan fingerprint density at radius 1 is 1.03 bits per heavy atom. The van der Waals surface area contributed by atoms with Gasteiger partial charge in [0.2, 0.25) is 10.0 Å². The Morgan fingerprint density at radius 2 is 1.59 bits per heavy atom. The molecule has 0 aromatic heterocycles. The fraction of sp³-hybridized carbons (Fsp3) is 0.409. The Bertz CT molecular complexity index is 1110. The number of hydroxylamine groups is 1. The maximum absolute atomic E-state index is 13.4. The predicted octanol–water partition coefficient (Wildman–Crippen LogP) is 3.60. The Morgan fingerprint density at radius 3 is 2.15 bits per heavy atom. The van der Waals surface area contributed by atoms with Gasteiger partial charge in [0.15, 0.2) is 0 Å². The molecule has 186 valence electrons. The molecule has 1 amide bonds. The maximum Gasteiger partial charge on any atom is 0.573 e. The lowest BCUT2D eigenvalue weighted by Crippen LogP contribution is -2.43. The van der Waals surface area contributed by atoms with Gasteiger partial charge in [-0.2, -0.15) is 4.31 Å². The van der Waals surface area contributed by atoms with Crippen LogP contribution in [0.25, 0.3) is 0 Å². The van der Waals surface area contributed by atoms with Crippen LogP contribution in [0.1, 0.15) is 32.3 Å². The number of halogens is 3. The van der Waals surface area contributed by atoms with Gasteiger partial charge in [-0.1, -0.05) is 18.2 Å². The van der Waals surface area contributed by atoms with Crippen LogP contribution in [0.15, 0.2) is 53.4 Å². The first-order valence-electron chi connectivity index (χ1n) is 10.4. The summed E-state index contributed by atoms with van der Waals surface area (Å²) in [6, 6.07) is 11.1. The van der Waals surface area contributed by atoms with E-state index in [0.29, 0.717) is 18.6 Å². The van der Waals surface area contributed by atoms with Crippen molar-refractivity contribution >= 4 is 15.9 Å². The first-order chi connectivity index (χ1) is 15.8. The van der Waals surface area contributed by atoms with Gasteiger partial charge in [-0.05, 0) is 62.6 Å². The standard InChI is InChI=1S/C22H25F3N2O6S/c1-21(2,20(28)26-29)18-5-3-4-6-19(18)34(30,31)27-13-11-16(12-14-27)32-15-7-9-17(10-8-15)33-22(23,24)25/h3-10,16,29H,11-14H2,1-2H3,(H,26,28). The van der Waals surface area contributed by atoms with Crippen LogP contribution in [0.2, 0.25) is 0 Å². The second kappa shape index (κ2) is 9.80. The summed E-state index contributed by atoms with van der Waals surface area (Å²) in [7, 11) is -3.94. The van der Waals surface area contributed by atoms with E-state index in [0.717, 1.165) is 12.1 Å². The largest absolute Gasteiger partial charge is 0.573 e. The van der Waals surface area contributed by atoms with Gasteiger partial charge in [0, 0.05) is 13.1 Å². The number of piperidine rings is 1. The molecule has 1 aliphatic rings. The zero-order valence-electron chi connectivity index (χ0n) is 18.5. The van der Waals surface area contributed by atoms with E-state index in [9.17, 15) is 26.4 Å². The number of rotatable bonds is 7. The van der Waals surface area contributed by atoms with Gasteiger partial charge >= 0.3 is 6.36 Å². The number of ether oxygens (including phenoxy) is 2. The quantitative estimate of drug-likeness (QED) is 0.443. The molecule has 1 fully saturated rings. The summed E-state index contributed by atoms with van der Waals surface area (Å²) in [5.41, 5.74) is 0.525. The average molecular weight is 503 g/mol. The lowest BCUT2D eigenvalue weighted by atomic mass is 9.84. The zero-order valence-corrected chi connectivity index (χ0v) is 19.3. The topological polar surface area (TPSA) is 105 Å². The van der Waals surface area contributed by atoms with E-state index < -0.39 is 27.7 Å². The molecule has 0 spiro atoms. The van der Waals surface area contributed by atoms with Gasteiger partial charge in [-0.3, -0.25) is 10.0 Å². The number of alkyl halides is 3. The van der Waals surface area contributed by atoms with E-state index in [-0.39, 0.29) is 35.4 Å². The molecule has 2 aromatic rings. The summed E-state index contributed by atoms with van der Waals surface area (Å²) in [6.07, 6.45) is -4.38. The number of hydrogen-bond acceptors (Lipinski definition) is 6. The minimum atomic E-state index is -4.78. The molecule has 0 atom stereocenters. The van der Waals surface area contributed by atoms with Crippen molar-refractivity contribution in [3.63, 3.8) is 0 Å².